The number of carbonyl (C=O) groups is 1. The number of alkyl halides is 1. The zero-order valence-corrected chi connectivity index (χ0v) is 10.1. The molecule has 0 heterocycles. The van der Waals surface area contributed by atoms with Gasteiger partial charge in [0, 0.05) is 17.8 Å². The topological polar surface area (TPSA) is 29.1 Å². The van der Waals surface area contributed by atoms with Crippen molar-refractivity contribution in [3.63, 3.8) is 0 Å². The predicted molar refractivity (Wildman–Crippen MR) is 60.4 cm³/mol. The maximum atomic E-state index is 11.6. The van der Waals surface area contributed by atoms with Gasteiger partial charge < -0.3 is 5.32 Å². The number of carbonyl (C=O) groups excluding carboxylic acids is 1. The average molecular weight is 260 g/mol. The molecule has 2 fully saturated rings. The van der Waals surface area contributed by atoms with Crippen LogP contribution >= 0.6 is 15.9 Å². The lowest BCUT2D eigenvalue weighted by Crippen LogP contribution is -2.37. The number of rotatable bonds is 5. The van der Waals surface area contributed by atoms with Crippen LogP contribution in [0.1, 0.15) is 38.5 Å². The Bertz CT molecular complexity index is 221. The zero-order valence-electron chi connectivity index (χ0n) is 8.52. The molecule has 2 aliphatic rings. The molecule has 3 heteroatoms. The largest absolute Gasteiger partial charge is 0.355 e. The molecule has 0 saturated heterocycles. The van der Waals surface area contributed by atoms with Gasteiger partial charge in [-0.15, -0.1) is 0 Å². The van der Waals surface area contributed by atoms with Crippen molar-refractivity contribution in [3.05, 3.63) is 0 Å². The summed E-state index contributed by atoms with van der Waals surface area (Å²) >= 11 is 3.47. The fourth-order valence-corrected chi connectivity index (χ4v) is 2.82. The summed E-state index contributed by atoms with van der Waals surface area (Å²) in [6, 6.07) is 0. The van der Waals surface area contributed by atoms with Gasteiger partial charge in [0.2, 0.25) is 5.91 Å². The van der Waals surface area contributed by atoms with E-state index in [1.165, 1.54) is 25.7 Å². The maximum absolute atomic E-state index is 11.6. The van der Waals surface area contributed by atoms with Gasteiger partial charge in [0.25, 0.3) is 0 Å². The molecule has 0 bridgehead atoms. The van der Waals surface area contributed by atoms with Gasteiger partial charge in [0.05, 0.1) is 0 Å². The standard InChI is InChI=1S/C11H18BrNO/c12-7-6-11(4-5-11)8-13-10(14)9-2-1-3-9/h9H,1-8H2,(H,13,14). The Morgan fingerprint density at radius 3 is 2.57 bits per heavy atom. The van der Waals surface area contributed by atoms with Crippen LogP contribution in [0.4, 0.5) is 0 Å². The minimum Gasteiger partial charge on any atom is -0.355 e. The summed E-state index contributed by atoms with van der Waals surface area (Å²) in [7, 11) is 0. The summed E-state index contributed by atoms with van der Waals surface area (Å²) in [6.07, 6.45) is 7.25. The van der Waals surface area contributed by atoms with Crippen molar-refractivity contribution in [2.24, 2.45) is 11.3 Å². The molecule has 0 spiro atoms. The first-order valence-corrected chi connectivity index (χ1v) is 6.72. The summed E-state index contributed by atoms with van der Waals surface area (Å²) in [5.41, 5.74) is 0.461. The average Bonchev–Trinajstić information content (AvgIpc) is 2.80. The van der Waals surface area contributed by atoms with Gasteiger partial charge in [0.15, 0.2) is 0 Å². The molecule has 2 nitrogen and oxygen atoms in total. The highest BCUT2D eigenvalue weighted by molar-refractivity contribution is 9.09. The van der Waals surface area contributed by atoms with Crippen molar-refractivity contribution in [1.82, 2.24) is 5.32 Å². The highest BCUT2D eigenvalue weighted by atomic mass is 79.9. The molecule has 1 N–H and O–H groups in total. The molecule has 0 aromatic heterocycles. The first kappa shape index (κ1) is 10.5. The minimum absolute atomic E-state index is 0.303. The van der Waals surface area contributed by atoms with Crippen LogP contribution in [0, 0.1) is 11.3 Å². The van der Waals surface area contributed by atoms with Crippen molar-refractivity contribution in [1.29, 1.82) is 0 Å². The molecule has 14 heavy (non-hydrogen) atoms. The Balaban J connectivity index is 1.68. The third-order valence-corrected chi connectivity index (χ3v) is 4.09. The summed E-state index contributed by atoms with van der Waals surface area (Å²) < 4.78 is 0. The molecule has 0 aromatic carbocycles. The second-order valence-electron chi connectivity index (χ2n) is 4.78. The van der Waals surface area contributed by atoms with Gasteiger partial charge in [-0.05, 0) is 37.5 Å². The van der Waals surface area contributed by atoms with E-state index in [1.54, 1.807) is 0 Å². The van der Waals surface area contributed by atoms with E-state index in [0.717, 1.165) is 24.7 Å². The van der Waals surface area contributed by atoms with E-state index in [9.17, 15) is 4.79 Å². The molecule has 2 rings (SSSR count). The molecule has 2 aliphatic carbocycles. The quantitative estimate of drug-likeness (QED) is 0.756. The van der Waals surface area contributed by atoms with Crippen LogP contribution in [-0.2, 0) is 4.79 Å². The molecule has 2 saturated carbocycles. The highest BCUT2D eigenvalue weighted by Crippen LogP contribution is 2.48. The molecular weight excluding hydrogens is 242 g/mol. The van der Waals surface area contributed by atoms with E-state index in [4.69, 9.17) is 0 Å². The van der Waals surface area contributed by atoms with Crippen LogP contribution < -0.4 is 5.32 Å². The number of hydrogen-bond acceptors (Lipinski definition) is 1. The summed E-state index contributed by atoms with van der Waals surface area (Å²) in [6.45, 7) is 0.911. The van der Waals surface area contributed by atoms with Crippen molar-refractivity contribution >= 4 is 21.8 Å². The molecule has 0 unspecified atom stereocenters. The fraction of sp³-hybridized carbons (Fsp3) is 0.909. The monoisotopic (exact) mass is 259 g/mol. The normalized spacial score (nSPS) is 24.1. The number of amides is 1. The zero-order chi connectivity index (χ0) is 10.0. The van der Waals surface area contributed by atoms with Crippen LogP contribution in [-0.4, -0.2) is 17.8 Å². The van der Waals surface area contributed by atoms with Crippen LogP contribution in [0.25, 0.3) is 0 Å². The Labute approximate surface area is 94.0 Å². The third-order valence-electron chi connectivity index (χ3n) is 3.70. The summed E-state index contributed by atoms with van der Waals surface area (Å²) in [4.78, 5) is 11.6. The molecule has 0 aliphatic heterocycles. The van der Waals surface area contributed by atoms with E-state index < -0.39 is 0 Å². The Morgan fingerprint density at radius 2 is 2.14 bits per heavy atom. The first-order valence-electron chi connectivity index (χ1n) is 5.59. The Hall–Kier alpha value is -0.0500. The van der Waals surface area contributed by atoms with Gasteiger partial charge in [-0.25, -0.2) is 0 Å². The Morgan fingerprint density at radius 1 is 1.43 bits per heavy atom. The highest BCUT2D eigenvalue weighted by Gasteiger charge is 2.42. The molecular formula is C11H18BrNO. The summed E-state index contributed by atoms with van der Waals surface area (Å²) in [5.74, 6) is 0.645. The van der Waals surface area contributed by atoms with E-state index in [1.807, 2.05) is 0 Å². The third kappa shape index (κ3) is 2.30. The lowest BCUT2D eigenvalue weighted by atomic mass is 9.84. The number of halogens is 1. The maximum Gasteiger partial charge on any atom is 0.223 e. The molecule has 0 aromatic rings. The van der Waals surface area contributed by atoms with Gasteiger partial charge in [-0.2, -0.15) is 0 Å². The Kier molecular flexibility index (Phi) is 3.15. The van der Waals surface area contributed by atoms with Crippen molar-refractivity contribution in [3.8, 4) is 0 Å². The van der Waals surface area contributed by atoms with Gasteiger partial charge >= 0.3 is 0 Å². The molecule has 80 valence electrons. The van der Waals surface area contributed by atoms with Gasteiger partial charge in [-0.1, -0.05) is 22.4 Å². The summed E-state index contributed by atoms with van der Waals surface area (Å²) in [5, 5.41) is 4.17. The second kappa shape index (κ2) is 4.21. The fourth-order valence-electron chi connectivity index (χ4n) is 1.98. The van der Waals surface area contributed by atoms with Crippen molar-refractivity contribution in [2.75, 3.05) is 11.9 Å². The lowest BCUT2D eigenvalue weighted by Gasteiger charge is -2.25. The SMILES string of the molecule is O=C(NCC1(CCBr)CC1)C1CCC1. The van der Waals surface area contributed by atoms with Gasteiger partial charge in [-0.3, -0.25) is 4.79 Å². The van der Waals surface area contributed by atoms with Gasteiger partial charge in [0.1, 0.15) is 0 Å². The predicted octanol–water partition coefficient (Wildman–Crippen LogP) is 2.47. The van der Waals surface area contributed by atoms with Crippen molar-refractivity contribution < 1.29 is 4.79 Å². The van der Waals surface area contributed by atoms with Crippen LogP contribution in [0.5, 0.6) is 0 Å². The number of hydrogen-bond donors (Lipinski definition) is 1. The smallest absolute Gasteiger partial charge is 0.223 e. The van der Waals surface area contributed by atoms with Crippen molar-refractivity contribution in [2.45, 2.75) is 38.5 Å². The van der Waals surface area contributed by atoms with E-state index in [-0.39, 0.29) is 0 Å². The van der Waals surface area contributed by atoms with Crippen LogP contribution in [0.15, 0.2) is 0 Å². The first-order chi connectivity index (χ1) is 6.76. The molecule has 0 radical (unpaired) electrons. The second-order valence-corrected chi connectivity index (χ2v) is 5.58. The van der Waals surface area contributed by atoms with E-state index >= 15 is 0 Å². The van der Waals surface area contributed by atoms with Crippen LogP contribution in [0.3, 0.4) is 0 Å². The minimum atomic E-state index is 0.303. The number of nitrogens with one attached hydrogen (secondary N) is 1. The van der Waals surface area contributed by atoms with Crippen LogP contribution in [0.2, 0.25) is 0 Å². The van der Waals surface area contributed by atoms with E-state index in [2.05, 4.69) is 21.2 Å². The molecule has 1 amide bonds. The van der Waals surface area contributed by atoms with E-state index in [0.29, 0.717) is 17.2 Å². The molecule has 0 atom stereocenters. The lowest BCUT2D eigenvalue weighted by molar-refractivity contribution is -0.127.